The Morgan fingerprint density at radius 2 is 2.15 bits per heavy atom. The van der Waals surface area contributed by atoms with Gasteiger partial charge in [-0.1, -0.05) is 25.0 Å². The molecule has 2 heterocycles. The monoisotopic (exact) mass is 371 g/mol. The van der Waals surface area contributed by atoms with E-state index in [-0.39, 0.29) is 19.0 Å². The van der Waals surface area contributed by atoms with Crippen LogP contribution in [0.2, 0.25) is 0 Å². The summed E-state index contributed by atoms with van der Waals surface area (Å²) in [6, 6.07) is 7.34. The van der Waals surface area contributed by atoms with E-state index in [0.29, 0.717) is 17.9 Å². The fraction of sp³-hybridized carbons (Fsp3) is 0.368. The number of rotatable bonds is 8. The second-order valence-electron chi connectivity index (χ2n) is 5.70. The van der Waals surface area contributed by atoms with Gasteiger partial charge in [0.2, 0.25) is 0 Å². The molecule has 0 spiro atoms. The maximum Gasteiger partial charge on any atom is 0.193 e. The minimum absolute atomic E-state index is 0.121. The van der Waals surface area contributed by atoms with E-state index < -0.39 is 4.87 Å². The molecule has 1 atom stereocenters. The Hall–Kier alpha value is -2.59. The van der Waals surface area contributed by atoms with Gasteiger partial charge in [0.05, 0.1) is 0 Å². The van der Waals surface area contributed by atoms with Crippen LogP contribution in [0, 0.1) is 12.3 Å². The van der Waals surface area contributed by atoms with E-state index in [1.807, 2.05) is 41.0 Å². The average Bonchev–Trinajstić information content (AvgIpc) is 3.34. The predicted octanol–water partition coefficient (Wildman–Crippen LogP) is 2.33. The van der Waals surface area contributed by atoms with Gasteiger partial charge in [0, 0.05) is 31.1 Å². The summed E-state index contributed by atoms with van der Waals surface area (Å²) in [6.45, 7) is 2.98. The second-order valence-corrected chi connectivity index (χ2v) is 7.08. The highest BCUT2D eigenvalue weighted by molar-refractivity contribution is 8.01. The third kappa shape index (κ3) is 3.51. The van der Waals surface area contributed by atoms with Gasteiger partial charge in [0.1, 0.15) is 19.5 Å². The first kappa shape index (κ1) is 18.2. The summed E-state index contributed by atoms with van der Waals surface area (Å²) in [5, 5.41) is 2.02. The molecule has 1 aliphatic rings. The summed E-state index contributed by atoms with van der Waals surface area (Å²) < 4.78 is 13.5. The number of benzene rings is 1. The van der Waals surface area contributed by atoms with Gasteiger partial charge in [-0.2, -0.15) is 0 Å². The van der Waals surface area contributed by atoms with Gasteiger partial charge in [-0.25, -0.2) is 4.98 Å². The van der Waals surface area contributed by atoms with Crippen LogP contribution in [0.15, 0.2) is 43.0 Å². The van der Waals surface area contributed by atoms with Crippen molar-refractivity contribution in [2.45, 2.75) is 18.2 Å². The van der Waals surface area contributed by atoms with Crippen LogP contribution in [0.25, 0.3) is 0 Å². The van der Waals surface area contributed by atoms with Gasteiger partial charge in [-0.05, 0) is 12.1 Å². The maximum atomic E-state index is 12.9. The number of thioether (sulfide) groups is 1. The van der Waals surface area contributed by atoms with E-state index in [0.717, 1.165) is 12.3 Å². The lowest BCUT2D eigenvalue weighted by Crippen LogP contribution is -2.57. The van der Waals surface area contributed by atoms with Crippen molar-refractivity contribution in [1.82, 2.24) is 9.66 Å². The number of Topliss-reactive ketones (excluding diaryl/α,β-unsaturated/α-hetero) is 1. The van der Waals surface area contributed by atoms with E-state index in [9.17, 15) is 4.79 Å². The standard InChI is InChI=1S/C19H21N3O3S/c1-3-12-24-16-7-5-6-8-17(16)25-14-19(18(23)4-2)22(11-13-26-19)21-10-9-20-15-21/h1,5-10,15H,4,11-14H2,2H3. The first-order chi connectivity index (χ1) is 12.7. The van der Waals surface area contributed by atoms with Gasteiger partial charge >= 0.3 is 0 Å². The average molecular weight is 371 g/mol. The quantitative estimate of drug-likeness (QED) is 0.664. The van der Waals surface area contributed by atoms with E-state index in [1.165, 1.54) is 0 Å². The number of carbonyl (C=O) groups is 1. The normalized spacial score (nSPS) is 19.2. The molecule has 1 fully saturated rings. The highest BCUT2D eigenvalue weighted by Crippen LogP contribution is 2.38. The first-order valence-corrected chi connectivity index (χ1v) is 9.41. The summed E-state index contributed by atoms with van der Waals surface area (Å²) in [7, 11) is 0. The smallest absolute Gasteiger partial charge is 0.193 e. The van der Waals surface area contributed by atoms with Crippen molar-refractivity contribution >= 4 is 17.5 Å². The molecule has 0 bridgehead atoms. The summed E-state index contributed by atoms with van der Waals surface area (Å²) in [6.07, 6.45) is 10.9. The van der Waals surface area contributed by atoms with Crippen molar-refractivity contribution in [3.05, 3.63) is 43.0 Å². The number of aromatic nitrogens is 2. The molecule has 1 aromatic carbocycles. The van der Waals surface area contributed by atoms with Crippen molar-refractivity contribution < 1.29 is 14.3 Å². The molecule has 0 aliphatic carbocycles. The van der Waals surface area contributed by atoms with Crippen LogP contribution in [0.1, 0.15) is 13.3 Å². The fourth-order valence-electron chi connectivity index (χ4n) is 2.93. The van der Waals surface area contributed by atoms with Crippen LogP contribution >= 0.6 is 11.8 Å². The predicted molar refractivity (Wildman–Crippen MR) is 102 cm³/mol. The zero-order chi connectivity index (χ0) is 18.4. The van der Waals surface area contributed by atoms with Crippen LogP contribution in [-0.4, -0.2) is 45.8 Å². The fourth-order valence-corrected chi connectivity index (χ4v) is 4.32. The Balaban J connectivity index is 1.85. The molecule has 6 nitrogen and oxygen atoms in total. The SMILES string of the molecule is C#CCOc1ccccc1OCC1(C(=O)CC)SCCN1n1ccnc1. The molecule has 1 aliphatic heterocycles. The van der Waals surface area contributed by atoms with Gasteiger partial charge in [-0.15, -0.1) is 18.2 Å². The van der Waals surface area contributed by atoms with Crippen molar-refractivity contribution in [2.24, 2.45) is 0 Å². The summed E-state index contributed by atoms with van der Waals surface area (Å²) in [5.41, 5.74) is 0. The number of terminal acetylenes is 1. The minimum Gasteiger partial charge on any atom is -0.486 e. The highest BCUT2D eigenvalue weighted by atomic mass is 32.2. The molecule has 3 rings (SSSR count). The Morgan fingerprint density at radius 1 is 1.38 bits per heavy atom. The Kier molecular flexibility index (Phi) is 5.74. The lowest BCUT2D eigenvalue weighted by atomic mass is 10.1. The largest absolute Gasteiger partial charge is 0.486 e. The maximum absolute atomic E-state index is 12.9. The lowest BCUT2D eigenvalue weighted by Gasteiger charge is -2.37. The van der Waals surface area contributed by atoms with E-state index in [4.69, 9.17) is 15.9 Å². The zero-order valence-corrected chi connectivity index (χ0v) is 15.4. The van der Waals surface area contributed by atoms with Crippen LogP contribution in [0.3, 0.4) is 0 Å². The van der Waals surface area contributed by atoms with Gasteiger partial charge in [0.25, 0.3) is 0 Å². The summed E-state index contributed by atoms with van der Waals surface area (Å²) >= 11 is 1.60. The third-order valence-electron chi connectivity index (χ3n) is 4.17. The van der Waals surface area contributed by atoms with Crippen molar-refractivity contribution in [2.75, 3.05) is 30.5 Å². The third-order valence-corrected chi connectivity index (χ3v) is 5.59. The van der Waals surface area contributed by atoms with Crippen LogP contribution in [-0.2, 0) is 4.79 Å². The molecule has 1 saturated heterocycles. The molecule has 7 heteroatoms. The number of ketones is 1. The van der Waals surface area contributed by atoms with Crippen molar-refractivity contribution in [1.29, 1.82) is 0 Å². The van der Waals surface area contributed by atoms with E-state index >= 15 is 0 Å². The molecule has 1 unspecified atom stereocenters. The van der Waals surface area contributed by atoms with Crippen molar-refractivity contribution in [3.8, 4) is 23.8 Å². The Labute approximate surface area is 157 Å². The molecule has 2 aromatic rings. The van der Waals surface area contributed by atoms with Gasteiger partial charge < -0.3 is 9.47 Å². The molecular weight excluding hydrogens is 350 g/mol. The van der Waals surface area contributed by atoms with Gasteiger partial charge in [-0.3, -0.25) is 14.5 Å². The summed E-state index contributed by atoms with van der Waals surface area (Å²) in [4.78, 5) is 16.2. The molecule has 136 valence electrons. The molecule has 0 radical (unpaired) electrons. The van der Waals surface area contributed by atoms with Crippen LogP contribution in [0.4, 0.5) is 0 Å². The number of imidazole rings is 1. The van der Waals surface area contributed by atoms with Crippen LogP contribution in [0.5, 0.6) is 11.5 Å². The van der Waals surface area contributed by atoms with E-state index in [2.05, 4.69) is 10.9 Å². The van der Waals surface area contributed by atoms with Crippen LogP contribution < -0.4 is 14.5 Å². The number of hydrogen-bond acceptors (Lipinski definition) is 6. The number of ether oxygens (including phenoxy) is 2. The number of hydrogen-bond donors (Lipinski definition) is 0. The molecule has 0 N–H and O–H groups in total. The van der Waals surface area contributed by atoms with Crippen molar-refractivity contribution in [3.63, 3.8) is 0 Å². The Morgan fingerprint density at radius 3 is 2.81 bits per heavy atom. The first-order valence-electron chi connectivity index (χ1n) is 8.42. The van der Waals surface area contributed by atoms with E-state index in [1.54, 1.807) is 30.4 Å². The van der Waals surface area contributed by atoms with Gasteiger partial charge in [0.15, 0.2) is 22.2 Å². The lowest BCUT2D eigenvalue weighted by molar-refractivity contribution is -0.122. The number of carbonyl (C=O) groups excluding carboxylic acids is 1. The highest BCUT2D eigenvalue weighted by Gasteiger charge is 2.49. The minimum atomic E-state index is -0.797. The zero-order valence-electron chi connectivity index (χ0n) is 14.6. The molecule has 1 aromatic heterocycles. The molecule has 0 saturated carbocycles. The topological polar surface area (TPSA) is 56.6 Å². The second kappa shape index (κ2) is 8.19. The number of para-hydroxylation sites is 2. The number of nitrogens with zero attached hydrogens (tertiary/aromatic N) is 3. The molecular formula is C19H21N3O3S. The molecule has 26 heavy (non-hydrogen) atoms. The summed E-state index contributed by atoms with van der Waals surface area (Å²) in [5.74, 6) is 4.55. The Bertz CT molecular complexity index is 788. The molecule has 0 amide bonds.